The third-order valence-corrected chi connectivity index (χ3v) is 1.54. The fourth-order valence-electron chi connectivity index (χ4n) is 0.819. The fourth-order valence-corrected chi connectivity index (χ4v) is 0.819. The van der Waals surface area contributed by atoms with Gasteiger partial charge in [-0.3, -0.25) is 0 Å². The standard InChI is InChI=1S/C12H22O8/c1-11(2,3)19-17-7(9(13)14)8(10(15)16)18-20-12(4,5)6/h7-8H,1-6H3,(H,13,14)(H,15,16)/p-2. The van der Waals surface area contributed by atoms with Crippen molar-refractivity contribution in [3.05, 3.63) is 0 Å². The van der Waals surface area contributed by atoms with Crippen LogP contribution in [-0.2, 0) is 29.1 Å². The molecule has 0 amide bonds. The molecule has 0 heterocycles. The third-order valence-electron chi connectivity index (χ3n) is 1.54. The average molecular weight is 292 g/mol. The van der Waals surface area contributed by atoms with E-state index in [1.54, 1.807) is 41.5 Å². The maximum atomic E-state index is 10.9. The minimum absolute atomic E-state index is 0.852. The monoisotopic (exact) mass is 292 g/mol. The van der Waals surface area contributed by atoms with Gasteiger partial charge in [0.05, 0.1) is 23.1 Å². The minimum atomic E-state index is -2.04. The van der Waals surface area contributed by atoms with Gasteiger partial charge in [-0.15, -0.1) is 0 Å². The molecule has 0 rings (SSSR count). The second-order valence-electron chi connectivity index (χ2n) is 6.06. The van der Waals surface area contributed by atoms with E-state index in [0.717, 1.165) is 0 Å². The second kappa shape index (κ2) is 6.98. The topological polar surface area (TPSA) is 117 Å². The van der Waals surface area contributed by atoms with Gasteiger partial charge in [-0.1, -0.05) is 0 Å². The molecule has 0 aromatic rings. The van der Waals surface area contributed by atoms with Crippen molar-refractivity contribution in [2.75, 3.05) is 0 Å². The summed E-state index contributed by atoms with van der Waals surface area (Å²) in [4.78, 5) is 40.6. The maximum Gasteiger partial charge on any atom is 0.167 e. The van der Waals surface area contributed by atoms with Gasteiger partial charge in [0.2, 0.25) is 0 Å². The lowest BCUT2D eigenvalue weighted by molar-refractivity contribution is -0.443. The molecule has 0 bridgehead atoms. The Labute approximate surface area is 117 Å². The van der Waals surface area contributed by atoms with Crippen molar-refractivity contribution in [1.82, 2.24) is 0 Å². The lowest BCUT2D eigenvalue weighted by Crippen LogP contribution is -2.54. The van der Waals surface area contributed by atoms with Crippen LogP contribution >= 0.6 is 0 Å². The molecule has 0 spiro atoms. The number of aliphatic carboxylic acids is 2. The van der Waals surface area contributed by atoms with Gasteiger partial charge in [0.15, 0.2) is 12.2 Å². The molecule has 8 heteroatoms. The SMILES string of the molecule is CC(C)(C)OOC(C(=O)[O-])C(OOC(C)(C)C)C(=O)[O-]. The number of hydrogen-bond donors (Lipinski definition) is 0. The molecule has 20 heavy (non-hydrogen) atoms. The number of carbonyl (C=O) groups is 2. The van der Waals surface area contributed by atoms with Crippen LogP contribution in [0.4, 0.5) is 0 Å². The molecule has 0 aliphatic heterocycles. The quantitative estimate of drug-likeness (QED) is 0.420. The highest BCUT2D eigenvalue weighted by molar-refractivity contribution is 5.81. The number of rotatable bonds is 7. The molecule has 0 saturated heterocycles. The third kappa shape index (κ3) is 8.05. The Bertz CT molecular complexity index is 304. The van der Waals surface area contributed by atoms with Crippen molar-refractivity contribution in [3.63, 3.8) is 0 Å². The molecule has 0 aromatic heterocycles. The fraction of sp³-hybridized carbons (Fsp3) is 0.833. The maximum absolute atomic E-state index is 10.9. The summed E-state index contributed by atoms with van der Waals surface area (Å²) in [7, 11) is 0. The van der Waals surface area contributed by atoms with Crippen LogP contribution in [0.25, 0.3) is 0 Å². The summed E-state index contributed by atoms with van der Waals surface area (Å²) in [6.45, 7) is 9.50. The molecule has 0 radical (unpaired) electrons. The molecular formula is C12H20O8-2. The summed E-state index contributed by atoms with van der Waals surface area (Å²) in [5, 5.41) is 21.9. The second-order valence-corrected chi connectivity index (χ2v) is 6.06. The van der Waals surface area contributed by atoms with Gasteiger partial charge in [-0.25, -0.2) is 19.6 Å². The van der Waals surface area contributed by atoms with E-state index in [1.165, 1.54) is 0 Å². The van der Waals surface area contributed by atoms with Crippen molar-refractivity contribution in [3.8, 4) is 0 Å². The predicted octanol–water partition coefficient (Wildman–Crippen LogP) is -1.28. The number of hydrogen-bond acceptors (Lipinski definition) is 8. The molecule has 0 N–H and O–H groups in total. The molecule has 0 aliphatic carbocycles. The van der Waals surface area contributed by atoms with Crippen LogP contribution in [0, 0.1) is 0 Å². The highest BCUT2D eigenvalue weighted by Crippen LogP contribution is 2.15. The van der Waals surface area contributed by atoms with E-state index in [-0.39, 0.29) is 0 Å². The Morgan fingerprint density at radius 2 is 1.00 bits per heavy atom. The minimum Gasteiger partial charge on any atom is -0.547 e. The van der Waals surface area contributed by atoms with Crippen LogP contribution in [0.1, 0.15) is 41.5 Å². The largest absolute Gasteiger partial charge is 0.547 e. The van der Waals surface area contributed by atoms with E-state index in [2.05, 4.69) is 9.78 Å². The number of carbonyl (C=O) groups excluding carboxylic acids is 2. The van der Waals surface area contributed by atoms with Gasteiger partial charge in [0.1, 0.15) is 0 Å². The first-order valence-corrected chi connectivity index (χ1v) is 5.94. The van der Waals surface area contributed by atoms with Gasteiger partial charge in [0, 0.05) is 0 Å². The van der Waals surface area contributed by atoms with Crippen LogP contribution in [0.2, 0.25) is 0 Å². The Kier molecular flexibility index (Phi) is 6.55. The molecule has 2 unspecified atom stereocenters. The first kappa shape index (κ1) is 18.8. The molecule has 118 valence electrons. The summed E-state index contributed by atoms with van der Waals surface area (Å²) in [5.41, 5.74) is -1.70. The first-order valence-electron chi connectivity index (χ1n) is 5.94. The Morgan fingerprint density at radius 1 is 0.750 bits per heavy atom. The van der Waals surface area contributed by atoms with E-state index in [4.69, 9.17) is 9.78 Å². The molecule has 0 fully saturated rings. The van der Waals surface area contributed by atoms with Crippen LogP contribution < -0.4 is 10.2 Å². The van der Waals surface area contributed by atoms with E-state index in [1.807, 2.05) is 0 Å². The molecular weight excluding hydrogens is 272 g/mol. The summed E-state index contributed by atoms with van der Waals surface area (Å²) in [5.74, 6) is -3.66. The average Bonchev–Trinajstić information content (AvgIpc) is 2.18. The van der Waals surface area contributed by atoms with Gasteiger partial charge < -0.3 is 19.8 Å². The summed E-state index contributed by atoms with van der Waals surface area (Å²) in [6.07, 6.45) is -4.08. The highest BCUT2D eigenvalue weighted by atomic mass is 17.2. The highest BCUT2D eigenvalue weighted by Gasteiger charge is 2.31. The molecule has 8 nitrogen and oxygen atoms in total. The van der Waals surface area contributed by atoms with Crippen molar-refractivity contribution in [2.24, 2.45) is 0 Å². The van der Waals surface area contributed by atoms with E-state index in [9.17, 15) is 19.8 Å². The van der Waals surface area contributed by atoms with Crippen molar-refractivity contribution in [1.29, 1.82) is 0 Å². The molecule has 0 saturated carbocycles. The number of carboxylic acids is 2. The molecule has 0 aromatic carbocycles. The van der Waals surface area contributed by atoms with Crippen molar-refractivity contribution >= 4 is 11.9 Å². The zero-order valence-electron chi connectivity index (χ0n) is 12.4. The first-order chi connectivity index (χ1) is 8.83. The lowest BCUT2D eigenvalue weighted by Gasteiger charge is -2.31. The summed E-state index contributed by atoms with van der Waals surface area (Å²) < 4.78 is 0. The Balaban J connectivity index is 4.88. The van der Waals surface area contributed by atoms with E-state index < -0.39 is 35.3 Å². The van der Waals surface area contributed by atoms with Crippen LogP contribution in [-0.4, -0.2) is 35.3 Å². The lowest BCUT2D eigenvalue weighted by atomic mass is 10.2. The van der Waals surface area contributed by atoms with Crippen LogP contribution in [0.3, 0.4) is 0 Å². The Morgan fingerprint density at radius 3 is 1.15 bits per heavy atom. The van der Waals surface area contributed by atoms with Crippen LogP contribution in [0.15, 0.2) is 0 Å². The normalized spacial score (nSPS) is 15.7. The van der Waals surface area contributed by atoms with Gasteiger partial charge in [0.25, 0.3) is 0 Å². The van der Waals surface area contributed by atoms with Gasteiger partial charge in [-0.05, 0) is 41.5 Å². The van der Waals surface area contributed by atoms with Crippen molar-refractivity contribution < 1.29 is 39.4 Å². The van der Waals surface area contributed by atoms with Gasteiger partial charge in [-0.2, -0.15) is 0 Å². The van der Waals surface area contributed by atoms with E-state index >= 15 is 0 Å². The summed E-state index contributed by atoms with van der Waals surface area (Å²) in [6, 6.07) is 0. The predicted molar refractivity (Wildman–Crippen MR) is 61.4 cm³/mol. The van der Waals surface area contributed by atoms with E-state index in [0.29, 0.717) is 0 Å². The van der Waals surface area contributed by atoms with Crippen LogP contribution in [0.5, 0.6) is 0 Å². The molecule has 0 aliphatic rings. The zero-order valence-corrected chi connectivity index (χ0v) is 12.4. The van der Waals surface area contributed by atoms with Crippen molar-refractivity contribution in [2.45, 2.75) is 65.0 Å². The number of carboxylic acid groups (broad SMARTS) is 2. The zero-order chi connectivity index (χ0) is 16.1. The Hall–Kier alpha value is -1.22. The van der Waals surface area contributed by atoms with Gasteiger partial charge >= 0.3 is 0 Å². The molecule has 2 atom stereocenters. The smallest absolute Gasteiger partial charge is 0.167 e. The summed E-state index contributed by atoms with van der Waals surface area (Å²) >= 11 is 0.